The lowest BCUT2D eigenvalue weighted by Crippen LogP contribution is -2.52. The summed E-state index contributed by atoms with van der Waals surface area (Å²) in [4.78, 5) is 12.6. The van der Waals surface area contributed by atoms with Crippen molar-refractivity contribution < 1.29 is 4.79 Å². The van der Waals surface area contributed by atoms with Crippen molar-refractivity contribution in [2.24, 2.45) is 5.92 Å². The van der Waals surface area contributed by atoms with Crippen LogP contribution in [0.25, 0.3) is 10.8 Å². The van der Waals surface area contributed by atoms with Crippen molar-refractivity contribution in [3.63, 3.8) is 0 Å². The fourth-order valence-corrected chi connectivity index (χ4v) is 3.93. The third kappa shape index (κ3) is 3.28. The standard InChI is InChI=1S/C20H24N2O.ClH/c1-13-19(10-5-11-21-13)22-20(23)18-12-17(18)16-9-4-7-14-6-2-3-8-15(14)16;/h2-4,6-9,13,17-19,21H,5,10-12H2,1H3,(H,22,23);1H. The van der Waals surface area contributed by atoms with E-state index in [0.717, 1.165) is 25.8 Å². The largest absolute Gasteiger partial charge is 0.352 e. The zero-order chi connectivity index (χ0) is 15.8. The summed E-state index contributed by atoms with van der Waals surface area (Å²) in [6.45, 7) is 3.23. The van der Waals surface area contributed by atoms with Crippen LogP contribution in [-0.4, -0.2) is 24.5 Å². The SMILES string of the molecule is CC1NCCCC1NC(=O)C1CC1c1cccc2ccccc12.Cl. The Morgan fingerprint density at radius 2 is 1.96 bits per heavy atom. The number of nitrogens with one attached hydrogen (secondary N) is 2. The molecular formula is C20H25ClN2O. The molecule has 2 fully saturated rings. The molecule has 1 saturated heterocycles. The second-order valence-electron chi connectivity index (χ2n) is 7.02. The van der Waals surface area contributed by atoms with Crippen molar-refractivity contribution >= 4 is 29.1 Å². The third-order valence-electron chi connectivity index (χ3n) is 5.44. The number of amides is 1. The van der Waals surface area contributed by atoms with Gasteiger partial charge in [0.05, 0.1) is 0 Å². The van der Waals surface area contributed by atoms with Crippen LogP contribution in [0.2, 0.25) is 0 Å². The van der Waals surface area contributed by atoms with Gasteiger partial charge >= 0.3 is 0 Å². The Morgan fingerprint density at radius 1 is 1.17 bits per heavy atom. The third-order valence-corrected chi connectivity index (χ3v) is 5.44. The molecule has 1 heterocycles. The first-order valence-electron chi connectivity index (χ1n) is 8.75. The number of benzene rings is 2. The molecule has 1 aliphatic heterocycles. The number of rotatable bonds is 3. The minimum Gasteiger partial charge on any atom is -0.352 e. The number of piperidine rings is 1. The van der Waals surface area contributed by atoms with E-state index in [1.54, 1.807) is 0 Å². The highest BCUT2D eigenvalue weighted by atomic mass is 35.5. The van der Waals surface area contributed by atoms with Gasteiger partial charge in [0.2, 0.25) is 5.91 Å². The first kappa shape index (κ1) is 17.2. The summed E-state index contributed by atoms with van der Waals surface area (Å²) in [5.74, 6) is 0.770. The molecule has 2 aromatic rings. The summed E-state index contributed by atoms with van der Waals surface area (Å²) in [6.07, 6.45) is 3.21. The average molecular weight is 345 g/mol. The van der Waals surface area contributed by atoms with Crippen LogP contribution in [0.4, 0.5) is 0 Å². The molecule has 0 spiro atoms. The van der Waals surface area contributed by atoms with E-state index in [-0.39, 0.29) is 30.3 Å². The molecule has 4 unspecified atom stereocenters. The number of hydrogen-bond acceptors (Lipinski definition) is 2. The van der Waals surface area contributed by atoms with E-state index in [2.05, 4.69) is 60.0 Å². The van der Waals surface area contributed by atoms with E-state index in [4.69, 9.17) is 0 Å². The van der Waals surface area contributed by atoms with E-state index < -0.39 is 0 Å². The Morgan fingerprint density at radius 3 is 2.79 bits per heavy atom. The minimum atomic E-state index is 0. The smallest absolute Gasteiger partial charge is 0.224 e. The molecular weight excluding hydrogens is 320 g/mol. The van der Waals surface area contributed by atoms with Crippen molar-refractivity contribution in [2.75, 3.05) is 6.54 Å². The van der Waals surface area contributed by atoms with E-state index in [0.29, 0.717) is 12.0 Å². The van der Waals surface area contributed by atoms with Crippen LogP contribution in [0.1, 0.15) is 37.7 Å². The first-order valence-corrected chi connectivity index (χ1v) is 8.75. The molecule has 24 heavy (non-hydrogen) atoms. The molecule has 2 N–H and O–H groups in total. The Bertz CT molecular complexity index is 727. The summed E-state index contributed by atoms with van der Waals surface area (Å²) >= 11 is 0. The molecule has 3 nitrogen and oxygen atoms in total. The van der Waals surface area contributed by atoms with E-state index >= 15 is 0 Å². The number of hydrogen-bond donors (Lipinski definition) is 2. The monoisotopic (exact) mass is 344 g/mol. The van der Waals surface area contributed by atoms with Crippen molar-refractivity contribution in [1.29, 1.82) is 0 Å². The summed E-state index contributed by atoms with van der Waals surface area (Å²) in [5, 5.41) is 9.29. The van der Waals surface area contributed by atoms with Crippen LogP contribution in [-0.2, 0) is 4.79 Å². The topological polar surface area (TPSA) is 41.1 Å². The number of carbonyl (C=O) groups excluding carboxylic acids is 1. The molecule has 4 rings (SSSR count). The quantitative estimate of drug-likeness (QED) is 0.892. The molecule has 1 saturated carbocycles. The second kappa shape index (κ2) is 7.12. The number of halogens is 1. The zero-order valence-electron chi connectivity index (χ0n) is 14.0. The lowest BCUT2D eigenvalue weighted by Gasteiger charge is -2.30. The van der Waals surface area contributed by atoms with Crippen LogP contribution >= 0.6 is 12.4 Å². The highest BCUT2D eigenvalue weighted by Gasteiger charge is 2.45. The van der Waals surface area contributed by atoms with Gasteiger partial charge in [0, 0.05) is 18.0 Å². The maximum Gasteiger partial charge on any atom is 0.224 e. The lowest BCUT2D eigenvalue weighted by molar-refractivity contribution is -0.123. The highest BCUT2D eigenvalue weighted by Crippen LogP contribution is 2.49. The van der Waals surface area contributed by atoms with Gasteiger partial charge < -0.3 is 10.6 Å². The fourth-order valence-electron chi connectivity index (χ4n) is 3.93. The van der Waals surface area contributed by atoms with Crippen LogP contribution in [0.15, 0.2) is 42.5 Å². The Balaban J connectivity index is 0.00000169. The average Bonchev–Trinajstić information content (AvgIpc) is 3.37. The normalized spacial score (nSPS) is 28.9. The Labute approximate surface area is 149 Å². The predicted molar refractivity (Wildman–Crippen MR) is 101 cm³/mol. The van der Waals surface area contributed by atoms with Crippen molar-refractivity contribution in [3.8, 4) is 0 Å². The molecule has 0 radical (unpaired) electrons. The molecule has 1 amide bonds. The van der Waals surface area contributed by atoms with Gasteiger partial charge in [-0.2, -0.15) is 0 Å². The van der Waals surface area contributed by atoms with Gasteiger partial charge in [0.25, 0.3) is 0 Å². The molecule has 0 aromatic heterocycles. The molecule has 2 aliphatic rings. The lowest BCUT2D eigenvalue weighted by atomic mass is 9.98. The van der Waals surface area contributed by atoms with Gasteiger partial charge in [0.1, 0.15) is 0 Å². The van der Waals surface area contributed by atoms with Gasteiger partial charge in [-0.25, -0.2) is 0 Å². The molecule has 0 bridgehead atoms. The molecule has 1 aliphatic carbocycles. The van der Waals surface area contributed by atoms with Crippen molar-refractivity contribution in [1.82, 2.24) is 10.6 Å². The first-order chi connectivity index (χ1) is 11.2. The maximum atomic E-state index is 12.6. The van der Waals surface area contributed by atoms with Crippen LogP contribution < -0.4 is 10.6 Å². The number of carbonyl (C=O) groups is 1. The Hall–Kier alpha value is -1.58. The summed E-state index contributed by atoms with van der Waals surface area (Å²) in [6, 6.07) is 15.6. The van der Waals surface area contributed by atoms with Gasteiger partial charge in [-0.1, -0.05) is 42.5 Å². The molecule has 4 heteroatoms. The summed E-state index contributed by atoms with van der Waals surface area (Å²) < 4.78 is 0. The maximum absolute atomic E-state index is 12.6. The van der Waals surface area contributed by atoms with E-state index in [1.807, 2.05) is 0 Å². The highest BCUT2D eigenvalue weighted by molar-refractivity contribution is 5.89. The van der Waals surface area contributed by atoms with Gasteiger partial charge in [-0.3, -0.25) is 4.79 Å². The summed E-state index contributed by atoms with van der Waals surface area (Å²) in [5.41, 5.74) is 1.33. The minimum absolute atomic E-state index is 0. The Kier molecular flexibility index (Phi) is 5.12. The van der Waals surface area contributed by atoms with E-state index in [1.165, 1.54) is 16.3 Å². The number of fused-ring (bicyclic) bond motifs is 1. The van der Waals surface area contributed by atoms with Gasteiger partial charge in [-0.05, 0) is 55.0 Å². The van der Waals surface area contributed by atoms with Crippen molar-refractivity contribution in [3.05, 3.63) is 48.0 Å². The van der Waals surface area contributed by atoms with Crippen LogP contribution in [0.5, 0.6) is 0 Å². The second-order valence-corrected chi connectivity index (χ2v) is 7.02. The van der Waals surface area contributed by atoms with E-state index in [9.17, 15) is 4.79 Å². The fraction of sp³-hybridized carbons (Fsp3) is 0.450. The van der Waals surface area contributed by atoms with Crippen LogP contribution in [0, 0.1) is 5.92 Å². The van der Waals surface area contributed by atoms with Crippen LogP contribution in [0.3, 0.4) is 0 Å². The zero-order valence-corrected chi connectivity index (χ0v) is 14.8. The summed E-state index contributed by atoms with van der Waals surface area (Å²) in [7, 11) is 0. The molecule has 128 valence electrons. The predicted octanol–water partition coefficient (Wildman–Crippen LogP) is 3.62. The molecule has 2 aromatic carbocycles. The van der Waals surface area contributed by atoms with Gasteiger partial charge in [0.15, 0.2) is 0 Å². The molecule has 4 atom stereocenters. The van der Waals surface area contributed by atoms with Gasteiger partial charge in [-0.15, -0.1) is 12.4 Å². The van der Waals surface area contributed by atoms with Crippen molar-refractivity contribution in [2.45, 2.75) is 44.2 Å².